The Kier molecular flexibility index (Phi) is 5.85. The fraction of sp³-hybridized carbons (Fsp3) is 0.455. The molecule has 0 aliphatic carbocycles. The third-order valence-corrected chi connectivity index (χ3v) is 5.73. The van der Waals surface area contributed by atoms with Gasteiger partial charge in [0.1, 0.15) is 5.69 Å². The number of rotatable bonds is 6. The van der Waals surface area contributed by atoms with Crippen molar-refractivity contribution in [1.82, 2.24) is 29.6 Å². The van der Waals surface area contributed by atoms with Gasteiger partial charge in [0.15, 0.2) is 5.75 Å². The largest absolute Gasteiger partial charge is 0.435 e. The van der Waals surface area contributed by atoms with Crippen molar-refractivity contribution in [3.63, 3.8) is 0 Å². The SMILES string of the molecule is CCn1ncc(CN2CCC(c3nccnc3Oc3cccnc3C)CC2)c1C. The molecule has 4 rings (SSSR count). The first-order chi connectivity index (χ1) is 14.2. The highest BCUT2D eigenvalue weighted by Crippen LogP contribution is 2.34. The van der Waals surface area contributed by atoms with Gasteiger partial charge in [-0.15, -0.1) is 0 Å². The van der Waals surface area contributed by atoms with Gasteiger partial charge in [0.2, 0.25) is 5.88 Å². The van der Waals surface area contributed by atoms with E-state index >= 15 is 0 Å². The quantitative estimate of drug-likeness (QED) is 0.634. The molecule has 1 saturated heterocycles. The molecule has 0 N–H and O–H groups in total. The van der Waals surface area contributed by atoms with Crippen molar-refractivity contribution >= 4 is 0 Å². The Morgan fingerprint density at radius 3 is 2.59 bits per heavy atom. The number of nitrogens with zero attached hydrogens (tertiary/aromatic N) is 6. The van der Waals surface area contributed by atoms with Gasteiger partial charge in [-0.3, -0.25) is 19.5 Å². The standard InChI is InChI=1S/C22H28N6O/c1-4-28-17(3)19(14-26-28)15-27-12-7-18(8-13-27)21-22(25-11-10-24-21)29-20-6-5-9-23-16(20)2/h5-6,9-11,14,18H,4,7-8,12-13,15H2,1-3H3. The van der Waals surface area contributed by atoms with E-state index in [9.17, 15) is 0 Å². The highest BCUT2D eigenvalue weighted by Gasteiger charge is 2.26. The summed E-state index contributed by atoms with van der Waals surface area (Å²) in [5.74, 6) is 1.68. The number of pyridine rings is 1. The lowest BCUT2D eigenvalue weighted by Gasteiger charge is -2.31. The normalized spacial score (nSPS) is 15.6. The van der Waals surface area contributed by atoms with Crippen LogP contribution in [-0.4, -0.2) is 42.7 Å². The first-order valence-corrected chi connectivity index (χ1v) is 10.3. The number of hydrogen-bond acceptors (Lipinski definition) is 6. The third-order valence-electron chi connectivity index (χ3n) is 5.73. The number of hydrogen-bond donors (Lipinski definition) is 0. The molecule has 0 atom stereocenters. The van der Waals surface area contributed by atoms with E-state index in [0.717, 1.165) is 56.2 Å². The van der Waals surface area contributed by atoms with Crippen LogP contribution in [0.15, 0.2) is 36.9 Å². The van der Waals surface area contributed by atoms with Crippen LogP contribution in [-0.2, 0) is 13.1 Å². The van der Waals surface area contributed by atoms with Gasteiger partial charge < -0.3 is 4.74 Å². The highest BCUT2D eigenvalue weighted by atomic mass is 16.5. The maximum absolute atomic E-state index is 6.09. The van der Waals surface area contributed by atoms with Gasteiger partial charge in [0, 0.05) is 48.9 Å². The van der Waals surface area contributed by atoms with E-state index in [-0.39, 0.29) is 0 Å². The molecule has 0 saturated carbocycles. The summed E-state index contributed by atoms with van der Waals surface area (Å²) in [7, 11) is 0. The molecular weight excluding hydrogens is 364 g/mol. The van der Waals surface area contributed by atoms with Crippen molar-refractivity contribution in [2.45, 2.75) is 52.6 Å². The topological polar surface area (TPSA) is 69.0 Å². The number of aryl methyl sites for hydroxylation is 2. The van der Waals surface area contributed by atoms with Crippen LogP contribution in [0.5, 0.6) is 11.6 Å². The molecule has 0 bridgehead atoms. The minimum Gasteiger partial charge on any atom is -0.435 e. The summed E-state index contributed by atoms with van der Waals surface area (Å²) in [4.78, 5) is 15.9. The second kappa shape index (κ2) is 8.69. The monoisotopic (exact) mass is 392 g/mol. The molecule has 1 aliphatic heterocycles. The maximum atomic E-state index is 6.09. The van der Waals surface area contributed by atoms with Crippen LogP contribution in [0, 0.1) is 13.8 Å². The lowest BCUT2D eigenvalue weighted by Crippen LogP contribution is -2.33. The average Bonchev–Trinajstić information content (AvgIpc) is 3.10. The number of ether oxygens (including phenoxy) is 1. The van der Waals surface area contributed by atoms with E-state index in [4.69, 9.17) is 4.74 Å². The Morgan fingerprint density at radius 1 is 1.07 bits per heavy atom. The van der Waals surface area contributed by atoms with Crippen molar-refractivity contribution < 1.29 is 4.74 Å². The number of aromatic nitrogens is 5. The molecule has 0 amide bonds. The van der Waals surface area contributed by atoms with Crippen LogP contribution in [0.1, 0.15) is 48.3 Å². The predicted octanol–water partition coefficient (Wildman–Crippen LogP) is 3.88. The van der Waals surface area contributed by atoms with Crippen molar-refractivity contribution in [3.8, 4) is 11.6 Å². The Labute approximate surface area is 171 Å². The second-order valence-electron chi connectivity index (χ2n) is 7.56. The predicted molar refractivity (Wildman–Crippen MR) is 111 cm³/mol. The zero-order chi connectivity index (χ0) is 20.2. The van der Waals surface area contributed by atoms with E-state index in [1.54, 1.807) is 18.6 Å². The Hall–Kier alpha value is -2.80. The summed E-state index contributed by atoms with van der Waals surface area (Å²) in [6.45, 7) is 10.2. The summed E-state index contributed by atoms with van der Waals surface area (Å²) in [6.07, 6.45) is 9.31. The Morgan fingerprint density at radius 2 is 1.86 bits per heavy atom. The lowest BCUT2D eigenvalue weighted by atomic mass is 9.93. The van der Waals surface area contributed by atoms with Gasteiger partial charge in [-0.25, -0.2) is 4.98 Å². The third kappa shape index (κ3) is 4.29. The Bertz CT molecular complexity index is 961. The van der Waals surface area contributed by atoms with Crippen LogP contribution in [0.4, 0.5) is 0 Å². The molecule has 7 nitrogen and oxygen atoms in total. The molecule has 3 aromatic heterocycles. The van der Waals surface area contributed by atoms with Crippen LogP contribution < -0.4 is 4.74 Å². The highest BCUT2D eigenvalue weighted by molar-refractivity contribution is 5.33. The Balaban J connectivity index is 1.42. The van der Waals surface area contributed by atoms with Gasteiger partial charge >= 0.3 is 0 Å². The van der Waals surface area contributed by atoms with E-state index in [0.29, 0.717) is 11.8 Å². The van der Waals surface area contributed by atoms with E-state index in [1.165, 1.54) is 11.3 Å². The molecule has 0 spiro atoms. The molecule has 3 aromatic rings. The summed E-state index contributed by atoms with van der Waals surface area (Å²) in [5, 5.41) is 4.47. The van der Waals surface area contributed by atoms with Crippen molar-refractivity contribution in [2.24, 2.45) is 0 Å². The van der Waals surface area contributed by atoms with Gasteiger partial charge in [-0.1, -0.05) is 0 Å². The lowest BCUT2D eigenvalue weighted by molar-refractivity contribution is 0.201. The van der Waals surface area contributed by atoms with E-state index in [2.05, 4.69) is 43.5 Å². The van der Waals surface area contributed by atoms with Crippen LogP contribution in [0.25, 0.3) is 0 Å². The molecule has 29 heavy (non-hydrogen) atoms. The molecule has 152 valence electrons. The summed E-state index contributed by atoms with van der Waals surface area (Å²) in [5.41, 5.74) is 4.39. The zero-order valence-corrected chi connectivity index (χ0v) is 17.4. The van der Waals surface area contributed by atoms with Gasteiger partial charge in [0.25, 0.3) is 0 Å². The summed E-state index contributed by atoms with van der Waals surface area (Å²) in [6, 6.07) is 3.79. The van der Waals surface area contributed by atoms with Crippen LogP contribution in [0.3, 0.4) is 0 Å². The first kappa shape index (κ1) is 19.5. The minimum atomic E-state index is 0.353. The van der Waals surface area contributed by atoms with Gasteiger partial charge in [0.05, 0.1) is 11.9 Å². The maximum Gasteiger partial charge on any atom is 0.241 e. The molecule has 7 heteroatoms. The van der Waals surface area contributed by atoms with E-state index in [1.807, 2.05) is 25.3 Å². The second-order valence-corrected chi connectivity index (χ2v) is 7.56. The number of piperidine rings is 1. The van der Waals surface area contributed by atoms with Crippen LogP contribution >= 0.6 is 0 Å². The molecule has 0 radical (unpaired) electrons. The van der Waals surface area contributed by atoms with Gasteiger partial charge in [-0.05, 0) is 58.8 Å². The smallest absolute Gasteiger partial charge is 0.241 e. The molecule has 1 fully saturated rings. The summed E-state index contributed by atoms with van der Waals surface area (Å²) >= 11 is 0. The first-order valence-electron chi connectivity index (χ1n) is 10.3. The molecule has 0 aromatic carbocycles. The van der Waals surface area contributed by atoms with Crippen molar-refractivity contribution in [3.05, 3.63) is 59.6 Å². The molecule has 0 unspecified atom stereocenters. The molecular formula is C22H28N6O. The fourth-order valence-corrected chi connectivity index (χ4v) is 3.94. The van der Waals surface area contributed by atoms with Crippen molar-refractivity contribution in [2.75, 3.05) is 13.1 Å². The molecule has 1 aliphatic rings. The number of likely N-dealkylation sites (tertiary alicyclic amines) is 1. The molecule has 4 heterocycles. The van der Waals surface area contributed by atoms with Crippen molar-refractivity contribution in [1.29, 1.82) is 0 Å². The van der Waals surface area contributed by atoms with E-state index < -0.39 is 0 Å². The van der Waals surface area contributed by atoms with Crippen LogP contribution in [0.2, 0.25) is 0 Å². The minimum absolute atomic E-state index is 0.353. The summed E-state index contributed by atoms with van der Waals surface area (Å²) < 4.78 is 8.15. The zero-order valence-electron chi connectivity index (χ0n) is 17.4. The fourth-order valence-electron chi connectivity index (χ4n) is 3.94. The van der Waals surface area contributed by atoms with Gasteiger partial charge in [-0.2, -0.15) is 5.10 Å². The average molecular weight is 393 g/mol.